The van der Waals surface area contributed by atoms with Crippen molar-refractivity contribution in [2.24, 2.45) is 0 Å². The molecule has 4 nitrogen and oxygen atoms in total. The fourth-order valence-electron chi connectivity index (χ4n) is 1.97. The maximum absolute atomic E-state index is 11.1. The van der Waals surface area contributed by atoms with Crippen LogP contribution in [-0.2, 0) is 0 Å². The van der Waals surface area contributed by atoms with Crippen LogP contribution in [0.3, 0.4) is 0 Å². The first-order valence-electron chi connectivity index (χ1n) is 5.78. The number of likely N-dealkylation sites (N-methyl/N-ethyl adjacent to an activating group) is 1. The fraction of sp³-hybridized carbons (Fsp3) is 0.583. The summed E-state index contributed by atoms with van der Waals surface area (Å²) in [5.41, 5.74) is 0. The summed E-state index contributed by atoms with van der Waals surface area (Å²) in [4.78, 5) is 15.7. The van der Waals surface area contributed by atoms with Crippen LogP contribution in [0.1, 0.15) is 24.4 Å². The Bertz CT molecular complexity index is 365. The quantitative estimate of drug-likeness (QED) is 0.728. The number of carbonyl (C=O) groups excluding carboxylic acids is 1. The van der Waals surface area contributed by atoms with Crippen molar-refractivity contribution in [3.05, 3.63) is 17.9 Å². The average molecular weight is 222 g/mol. The van der Waals surface area contributed by atoms with Crippen molar-refractivity contribution in [1.29, 1.82) is 0 Å². The molecule has 0 radical (unpaired) electrons. The Hall–Kier alpha value is -1.29. The van der Waals surface area contributed by atoms with E-state index in [0.29, 0.717) is 5.76 Å². The van der Waals surface area contributed by atoms with E-state index in [1.165, 1.54) is 6.92 Å². The number of furan rings is 1. The molecule has 0 unspecified atom stereocenters. The Balaban J connectivity index is 2.00. The zero-order valence-corrected chi connectivity index (χ0v) is 9.90. The Morgan fingerprint density at radius 2 is 2.00 bits per heavy atom. The molecule has 1 aromatic heterocycles. The van der Waals surface area contributed by atoms with Crippen molar-refractivity contribution in [2.75, 3.05) is 37.6 Å². The minimum Gasteiger partial charge on any atom is -0.437 e. The highest BCUT2D eigenvalue weighted by Gasteiger charge is 2.18. The number of hydrogen-bond donors (Lipinski definition) is 0. The molecule has 0 atom stereocenters. The van der Waals surface area contributed by atoms with E-state index in [4.69, 9.17) is 4.42 Å². The van der Waals surface area contributed by atoms with Gasteiger partial charge in [-0.25, -0.2) is 0 Å². The molecule has 0 saturated carbocycles. The Kier molecular flexibility index (Phi) is 3.29. The second-order valence-corrected chi connectivity index (χ2v) is 4.12. The molecule has 4 heteroatoms. The summed E-state index contributed by atoms with van der Waals surface area (Å²) in [6.07, 6.45) is 0. The first-order chi connectivity index (χ1) is 7.70. The van der Waals surface area contributed by atoms with Gasteiger partial charge < -0.3 is 14.2 Å². The van der Waals surface area contributed by atoms with Crippen LogP contribution in [0.15, 0.2) is 16.5 Å². The first kappa shape index (κ1) is 11.2. The summed E-state index contributed by atoms with van der Waals surface area (Å²) in [5.74, 6) is 1.26. The van der Waals surface area contributed by atoms with Crippen molar-refractivity contribution in [1.82, 2.24) is 4.90 Å². The highest BCUT2D eigenvalue weighted by Crippen LogP contribution is 2.20. The van der Waals surface area contributed by atoms with Crippen LogP contribution in [0.4, 0.5) is 5.88 Å². The Morgan fingerprint density at radius 1 is 1.31 bits per heavy atom. The topological polar surface area (TPSA) is 36.7 Å². The van der Waals surface area contributed by atoms with Crippen molar-refractivity contribution >= 4 is 11.7 Å². The summed E-state index contributed by atoms with van der Waals surface area (Å²) in [7, 11) is 0. The van der Waals surface area contributed by atoms with E-state index < -0.39 is 0 Å². The number of rotatable bonds is 3. The molecule has 1 aliphatic heterocycles. The molecular formula is C12H18N2O2. The second kappa shape index (κ2) is 4.70. The molecule has 1 aliphatic rings. The van der Waals surface area contributed by atoms with Gasteiger partial charge >= 0.3 is 0 Å². The lowest BCUT2D eigenvalue weighted by atomic mass is 10.3. The van der Waals surface area contributed by atoms with E-state index in [9.17, 15) is 4.79 Å². The molecule has 0 N–H and O–H groups in total. The van der Waals surface area contributed by atoms with Gasteiger partial charge in [0.1, 0.15) is 0 Å². The number of ketones is 1. The maximum Gasteiger partial charge on any atom is 0.196 e. The minimum atomic E-state index is -0.0153. The number of nitrogens with zero attached hydrogens (tertiary/aromatic N) is 2. The van der Waals surface area contributed by atoms with Crippen molar-refractivity contribution < 1.29 is 9.21 Å². The van der Waals surface area contributed by atoms with Gasteiger partial charge in [0, 0.05) is 39.2 Å². The molecule has 0 spiro atoms. The summed E-state index contributed by atoms with van der Waals surface area (Å²) in [6.45, 7) is 8.87. The van der Waals surface area contributed by atoms with Gasteiger partial charge in [-0.15, -0.1) is 0 Å². The number of carbonyl (C=O) groups is 1. The molecule has 0 amide bonds. The van der Waals surface area contributed by atoms with Gasteiger partial charge in [-0.05, 0) is 12.6 Å². The van der Waals surface area contributed by atoms with Crippen molar-refractivity contribution in [2.45, 2.75) is 13.8 Å². The van der Waals surface area contributed by atoms with E-state index in [0.717, 1.165) is 38.6 Å². The number of Topliss-reactive ketones (excluding diaryl/α,β-unsaturated/α-hetero) is 1. The zero-order valence-electron chi connectivity index (χ0n) is 9.90. The van der Waals surface area contributed by atoms with Crippen LogP contribution in [-0.4, -0.2) is 43.4 Å². The van der Waals surface area contributed by atoms with E-state index in [1.54, 1.807) is 6.07 Å². The molecule has 88 valence electrons. The summed E-state index contributed by atoms with van der Waals surface area (Å²) < 4.78 is 5.51. The molecule has 1 saturated heterocycles. The van der Waals surface area contributed by atoms with Crippen LogP contribution in [0.25, 0.3) is 0 Å². The monoisotopic (exact) mass is 222 g/mol. The Morgan fingerprint density at radius 3 is 2.50 bits per heavy atom. The van der Waals surface area contributed by atoms with Gasteiger partial charge in [-0.2, -0.15) is 0 Å². The molecular weight excluding hydrogens is 204 g/mol. The number of anilines is 1. The second-order valence-electron chi connectivity index (χ2n) is 4.12. The lowest BCUT2D eigenvalue weighted by Gasteiger charge is -2.33. The van der Waals surface area contributed by atoms with Gasteiger partial charge in [0.15, 0.2) is 17.4 Å². The van der Waals surface area contributed by atoms with Gasteiger partial charge in [-0.3, -0.25) is 4.79 Å². The summed E-state index contributed by atoms with van der Waals surface area (Å²) >= 11 is 0. The first-order valence-corrected chi connectivity index (χ1v) is 5.78. The third-order valence-electron chi connectivity index (χ3n) is 3.07. The SMILES string of the molecule is CCN1CCN(c2ccc(C(C)=O)o2)CC1. The molecule has 2 heterocycles. The summed E-state index contributed by atoms with van der Waals surface area (Å²) in [5, 5.41) is 0. The molecule has 0 bridgehead atoms. The maximum atomic E-state index is 11.1. The van der Waals surface area contributed by atoms with Crippen molar-refractivity contribution in [3.8, 4) is 0 Å². The van der Waals surface area contributed by atoms with Gasteiger partial charge in [-0.1, -0.05) is 6.92 Å². The lowest BCUT2D eigenvalue weighted by molar-refractivity contribution is 0.0987. The van der Waals surface area contributed by atoms with E-state index >= 15 is 0 Å². The zero-order chi connectivity index (χ0) is 11.5. The molecule has 0 aromatic carbocycles. The van der Waals surface area contributed by atoms with Crippen LogP contribution in [0.2, 0.25) is 0 Å². The predicted octanol–water partition coefficient (Wildman–Crippen LogP) is 1.62. The normalized spacial score (nSPS) is 17.8. The number of hydrogen-bond acceptors (Lipinski definition) is 4. The predicted molar refractivity (Wildman–Crippen MR) is 63.0 cm³/mol. The molecule has 0 aliphatic carbocycles. The third kappa shape index (κ3) is 2.27. The van der Waals surface area contributed by atoms with E-state index in [1.807, 2.05) is 6.07 Å². The Labute approximate surface area is 95.8 Å². The standard InChI is InChI=1S/C12H18N2O2/c1-3-13-6-8-14(9-7-13)12-5-4-11(16-12)10(2)15/h4-5H,3,6-9H2,1-2H3. The minimum absolute atomic E-state index is 0.0153. The number of piperazine rings is 1. The molecule has 1 fully saturated rings. The smallest absolute Gasteiger partial charge is 0.196 e. The molecule has 2 rings (SSSR count). The third-order valence-corrected chi connectivity index (χ3v) is 3.07. The van der Waals surface area contributed by atoms with Gasteiger partial charge in [0.05, 0.1) is 0 Å². The van der Waals surface area contributed by atoms with Crippen LogP contribution >= 0.6 is 0 Å². The highest BCUT2D eigenvalue weighted by molar-refractivity contribution is 5.91. The molecule has 16 heavy (non-hydrogen) atoms. The van der Waals surface area contributed by atoms with E-state index in [-0.39, 0.29) is 5.78 Å². The molecule has 1 aromatic rings. The lowest BCUT2D eigenvalue weighted by Crippen LogP contribution is -2.46. The highest BCUT2D eigenvalue weighted by atomic mass is 16.4. The van der Waals surface area contributed by atoms with E-state index in [2.05, 4.69) is 16.7 Å². The van der Waals surface area contributed by atoms with Crippen molar-refractivity contribution in [3.63, 3.8) is 0 Å². The largest absolute Gasteiger partial charge is 0.437 e. The van der Waals surface area contributed by atoms with Crippen LogP contribution in [0.5, 0.6) is 0 Å². The van der Waals surface area contributed by atoms with Gasteiger partial charge in [0.25, 0.3) is 0 Å². The summed E-state index contributed by atoms with van der Waals surface area (Å²) in [6, 6.07) is 3.64. The average Bonchev–Trinajstić information content (AvgIpc) is 2.78. The van der Waals surface area contributed by atoms with Crippen LogP contribution < -0.4 is 4.90 Å². The fourth-order valence-corrected chi connectivity index (χ4v) is 1.97. The van der Waals surface area contributed by atoms with Crippen LogP contribution in [0, 0.1) is 0 Å². The van der Waals surface area contributed by atoms with Gasteiger partial charge in [0.2, 0.25) is 0 Å².